The monoisotopic (exact) mass is 287 g/mol. The van der Waals surface area contributed by atoms with Gasteiger partial charge in [0.2, 0.25) is 0 Å². The van der Waals surface area contributed by atoms with Crippen LogP contribution in [0.25, 0.3) is 0 Å². The summed E-state index contributed by atoms with van der Waals surface area (Å²) in [6, 6.07) is 6.13. The molecule has 2 aliphatic rings. The van der Waals surface area contributed by atoms with Gasteiger partial charge in [-0.1, -0.05) is 12.1 Å². The van der Waals surface area contributed by atoms with Crippen LogP contribution in [0.4, 0.5) is 0 Å². The van der Waals surface area contributed by atoms with Crippen molar-refractivity contribution in [1.29, 1.82) is 0 Å². The number of hydrogen-bond acceptors (Lipinski definition) is 4. The van der Waals surface area contributed by atoms with E-state index in [1.54, 1.807) is 0 Å². The van der Waals surface area contributed by atoms with Gasteiger partial charge in [0.05, 0.1) is 18.4 Å². The minimum Gasteiger partial charge on any atom is -0.375 e. The van der Waals surface area contributed by atoms with Crippen molar-refractivity contribution in [3.63, 3.8) is 0 Å². The first-order valence-corrected chi connectivity index (χ1v) is 7.92. The van der Waals surface area contributed by atoms with Crippen molar-refractivity contribution in [3.05, 3.63) is 42.7 Å². The quantitative estimate of drug-likeness (QED) is 0.790. The molecule has 21 heavy (non-hydrogen) atoms. The Hall–Kier alpha value is -1.23. The molecule has 0 N–H and O–H groups in total. The summed E-state index contributed by atoms with van der Waals surface area (Å²) in [5.41, 5.74) is 1.15. The van der Waals surface area contributed by atoms with E-state index in [9.17, 15) is 0 Å². The highest BCUT2D eigenvalue weighted by Gasteiger charge is 2.33. The lowest BCUT2D eigenvalue weighted by Gasteiger charge is -2.37. The number of piperidine rings is 1. The van der Waals surface area contributed by atoms with Crippen LogP contribution >= 0.6 is 0 Å². The number of likely N-dealkylation sites (tertiary alicyclic amines) is 1. The summed E-state index contributed by atoms with van der Waals surface area (Å²) in [6.07, 6.45) is 5.45. The summed E-state index contributed by atoms with van der Waals surface area (Å²) in [7, 11) is 0. The second kappa shape index (κ2) is 7.16. The van der Waals surface area contributed by atoms with Crippen LogP contribution in [0.5, 0.6) is 0 Å². The van der Waals surface area contributed by atoms with E-state index >= 15 is 0 Å². The zero-order chi connectivity index (χ0) is 14.5. The van der Waals surface area contributed by atoms with Gasteiger partial charge in [-0.05, 0) is 25.1 Å². The van der Waals surface area contributed by atoms with Crippen molar-refractivity contribution < 1.29 is 4.74 Å². The number of fused-ring (bicyclic) bond motifs is 1. The Labute approximate surface area is 127 Å². The molecule has 0 saturated carbocycles. The van der Waals surface area contributed by atoms with Crippen LogP contribution in [-0.4, -0.2) is 60.2 Å². The normalized spacial score (nSPS) is 27.8. The van der Waals surface area contributed by atoms with Crippen molar-refractivity contribution in [2.24, 2.45) is 5.92 Å². The molecule has 2 saturated heterocycles. The minimum atomic E-state index is 0.372. The van der Waals surface area contributed by atoms with Crippen molar-refractivity contribution in [2.75, 3.05) is 39.3 Å². The molecule has 0 spiro atoms. The van der Waals surface area contributed by atoms with E-state index in [1.807, 2.05) is 18.3 Å². The fourth-order valence-electron chi connectivity index (χ4n) is 3.40. The molecule has 2 atom stereocenters. The third kappa shape index (κ3) is 3.90. The number of hydrogen-bond donors (Lipinski definition) is 0. The number of rotatable bonds is 4. The van der Waals surface area contributed by atoms with Crippen LogP contribution in [0.15, 0.2) is 37.1 Å². The summed E-state index contributed by atoms with van der Waals surface area (Å²) >= 11 is 0. The van der Waals surface area contributed by atoms with E-state index in [-0.39, 0.29) is 0 Å². The SMILES string of the molecule is C=CCN1CCO[C@H]2CN(Cc3ccccn3)CC[C@H]2C1. The molecule has 3 rings (SSSR count). The molecule has 1 aromatic rings. The number of ether oxygens (including phenoxy) is 1. The van der Waals surface area contributed by atoms with Gasteiger partial charge in [0, 0.05) is 44.8 Å². The van der Waals surface area contributed by atoms with E-state index in [0.717, 1.165) is 51.6 Å². The maximum absolute atomic E-state index is 6.11. The highest BCUT2D eigenvalue weighted by Crippen LogP contribution is 2.24. The van der Waals surface area contributed by atoms with Crippen LogP contribution in [0.1, 0.15) is 12.1 Å². The molecular formula is C17H25N3O. The van der Waals surface area contributed by atoms with Gasteiger partial charge in [-0.25, -0.2) is 0 Å². The first-order valence-electron chi connectivity index (χ1n) is 7.92. The van der Waals surface area contributed by atoms with E-state index in [4.69, 9.17) is 4.74 Å². The largest absolute Gasteiger partial charge is 0.375 e. The predicted octanol–water partition coefficient (Wildman–Crippen LogP) is 1.79. The first-order chi connectivity index (χ1) is 10.3. The zero-order valence-electron chi connectivity index (χ0n) is 12.7. The maximum Gasteiger partial charge on any atom is 0.0743 e. The lowest BCUT2D eigenvalue weighted by molar-refractivity contribution is -0.0244. The lowest BCUT2D eigenvalue weighted by atomic mass is 9.93. The molecule has 4 nitrogen and oxygen atoms in total. The highest BCUT2D eigenvalue weighted by atomic mass is 16.5. The fraction of sp³-hybridized carbons (Fsp3) is 0.588. The molecule has 0 amide bonds. The molecule has 114 valence electrons. The Kier molecular flexibility index (Phi) is 5.01. The van der Waals surface area contributed by atoms with Crippen LogP contribution in [0.3, 0.4) is 0 Å². The predicted molar refractivity (Wildman–Crippen MR) is 84.0 cm³/mol. The van der Waals surface area contributed by atoms with Gasteiger partial charge in [-0.2, -0.15) is 0 Å². The highest BCUT2D eigenvalue weighted by molar-refractivity contribution is 5.03. The molecule has 0 bridgehead atoms. The summed E-state index contributed by atoms with van der Waals surface area (Å²) in [5.74, 6) is 0.660. The van der Waals surface area contributed by atoms with Gasteiger partial charge in [0.25, 0.3) is 0 Å². The summed E-state index contributed by atoms with van der Waals surface area (Å²) in [6.45, 7) is 10.9. The van der Waals surface area contributed by atoms with Gasteiger partial charge in [-0.3, -0.25) is 14.8 Å². The summed E-state index contributed by atoms with van der Waals surface area (Å²) in [5, 5.41) is 0. The first kappa shape index (κ1) is 14.7. The Morgan fingerprint density at radius 2 is 2.24 bits per heavy atom. The summed E-state index contributed by atoms with van der Waals surface area (Å²) < 4.78 is 6.11. The Bertz CT molecular complexity index is 451. The molecule has 1 aromatic heterocycles. The Balaban J connectivity index is 1.57. The molecule has 4 heteroatoms. The van der Waals surface area contributed by atoms with Crippen molar-refractivity contribution in [1.82, 2.24) is 14.8 Å². The topological polar surface area (TPSA) is 28.6 Å². The van der Waals surface area contributed by atoms with Crippen molar-refractivity contribution >= 4 is 0 Å². The molecule has 0 unspecified atom stereocenters. The second-order valence-electron chi connectivity index (χ2n) is 6.06. The number of pyridine rings is 1. The Morgan fingerprint density at radius 1 is 1.29 bits per heavy atom. The van der Waals surface area contributed by atoms with E-state index < -0.39 is 0 Å². The number of aromatic nitrogens is 1. The van der Waals surface area contributed by atoms with Gasteiger partial charge < -0.3 is 4.74 Å². The zero-order valence-corrected chi connectivity index (χ0v) is 12.7. The van der Waals surface area contributed by atoms with E-state index in [1.165, 1.54) is 6.42 Å². The van der Waals surface area contributed by atoms with Gasteiger partial charge >= 0.3 is 0 Å². The third-order valence-electron chi connectivity index (χ3n) is 4.51. The molecule has 0 aromatic carbocycles. The molecule has 0 aliphatic carbocycles. The van der Waals surface area contributed by atoms with Crippen molar-refractivity contribution in [3.8, 4) is 0 Å². The fourth-order valence-corrected chi connectivity index (χ4v) is 3.40. The van der Waals surface area contributed by atoms with Crippen LogP contribution < -0.4 is 0 Å². The molecule has 2 aliphatic heterocycles. The van der Waals surface area contributed by atoms with E-state index in [2.05, 4.69) is 33.5 Å². The number of nitrogens with zero attached hydrogens (tertiary/aromatic N) is 3. The van der Waals surface area contributed by atoms with Gasteiger partial charge in [0.1, 0.15) is 0 Å². The summed E-state index contributed by atoms with van der Waals surface area (Å²) in [4.78, 5) is 9.37. The Morgan fingerprint density at radius 3 is 3.05 bits per heavy atom. The maximum atomic E-state index is 6.11. The molecule has 2 fully saturated rings. The lowest BCUT2D eigenvalue weighted by Crippen LogP contribution is -2.46. The third-order valence-corrected chi connectivity index (χ3v) is 4.51. The van der Waals surface area contributed by atoms with Gasteiger partial charge in [0.15, 0.2) is 0 Å². The molecule has 0 radical (unpaired) electrons. The van der Waals surface area contributed by atoms with Crippen LogP contribution in [0.2, 0.25) is 0 Å². The average Bonchev–Trinajstić information content (AvgIpc) is 2.70. The van der Waals surface area contributed by atoms with Crippen molar-refractivity contribution in [2.45, 2.75) is 19.1 Å². The van der Waals surface area contributed by atoms with Gasteiger partial charge in [-0.15, -0.1) is 6.58 Å². The average molecular weight is 287 g/mol. The second-order valence-corrected chi connectivity index (χ2v) is 6.06. The van der Waals surface area contributed by atoms with Crippen LogP contribution in [0, 0.1) is 5.92 Å². The van der Waals surface area contributed by atoms with E-state index in [0.29, 0.717) is 12.0 Å². The minimum absolute atomic E-state index is 0.372. The molecule has 3 heterocycles. The standard InChI is InChI=1S/C17H25N3O/c1-2-8-19-10-11-21-17-14-20(9-6-15(17)12-19)13-16-5-3-4-7-18-16/h2-5,7,15,17H,1,6,8-14H2/t15-,17-/m0/s1. The van der Waals surface area contributed by atoms with Crippen LogP contribution in [-0.2, 0) is 11.3 Å². The molecular weight excluding hydrogens is 262 g/mol. The smallest absolute Gasteiger partial charge is 0.0743 e.